The summed E-state index contributed by atoms with van der Waals surface area (Å²) in [6.45, 7) is 4.03. The zero-order valence-electron chi connectivity index (χ0n) is 15.6. The maximum Gasteiger partial charge on any atom is 0.188 e. The number of methoxy groups -OCH3 is 1. The third kappa shape index (κ3) is 4.26. The normalized spacial score (nSPS) is 15.1. The van der Waals surface area contributed by atoms with Gasteiger partial charge in [-0.15, -0.1) is 0 Å². The molecule has 3 aromatic rings. The Balaban J connectivity index is 1.50. The first-order valence-corrected chi connectivity index (χ1v) is 9.93. The summed E-state index contributed by atoms with van der Waals surface area (Å²) < 4.78 is 5.48. The van der Waals surface area contributed by atoms with Gasteiger partial charge in [0.25, 0.3) is 0 Å². The molecule has 0 spiro atoms. The second kappa shape index (κ2) is 8.02. The lowest BCUT2D eigenvalue weighted by atomic mass is 10.1. The smallest absolute Gasteiger partial charge is 0.188 e. The summed E-state index contributed by atoms with van der Waals surface area (Å²) in [7, 11) is 1.80. The summed E-state index contributed by atoms with van der Waals surface area (Å²) in [5, 5.41) is 4.17. The molecule has 140 valence electrons. The fourth-order valence-electron chi connectivity index (χ4n) is 3.32. The number of rotatable bonds is 5. The van der Waals surface area contributed by atoms with Crippen molar-refractivity contribution in [2.75, 3.05) is 30.4 Å². The number of hydrogen-bond donors (Lipinski definition) is 1. The first kappa shape index (κ1) is 17.9. The van der Waals surface area contributed by atoms with Crippen molar-refractivity contribution in [3.05, 3.63) is 48.4 Å². The molecule has 7 heteroatoms. The standard InChI is InChI=1S/C20H23N5OS/c1-14-11-15(25-9-6-16(26-2)7-10-25)12-19(23-14)24-20-22-13-18(27-20)17-5-3-4-8-21-17/h3-5,8,11-13,16H,6-7,9-10H2,1-2H3,(H,22,23,24). The summed E-state index contributed by atoms with van der Waals surface area (Å²) in [5.74, 6) is 0.820. The van der Waals surface area contributed by atoms with Crippen LogP contribution in [0.5, 0.6) is 0 Å². The van der Waals surface area contributed by atoms with Gasteiger partial charge in [-0.3, -0.25) is 4.98 Å². The average molecular weight is 382 g/mol. The van der Waals surface area contributed by atoms with Crippen LogP contribution >= 0.6 is 11.3 Å². The van der Waals surface area contributed by atoms with E-state index in [1.54, 1.807) is 24.6 Å². The molecule has 4 rings (SSSR count). The van der Waals surface area contributed by atoms with Gasteiger partial charge in [-0.1, -0.05) is 17.4 Å². The molecule has 6 nitrogen and oxygen atoms in total. The van der Waals surface area contributed by atoms with Gasteiger partial charge in [-0.2, -0.15) is 0 Å². The Morgan fingerprint density at radius 2 is 2.04 bits per heavy atom. The Morgan fingerprint density at radius 1 is 1.19 bits per heavy atom. The number of piperidine rings is 1. The predicted octanol–water partition coefficient (Wildman–Crippen LogP) is 4.27. The van der Waals surface area contributed by atoms with Crippen LogP contribution in [0.2, 0.25) is 0 Å². The van der Waals surface area contributed by atoms with E-state index in [2.05, 4.69) is 37.3 Å². The van der Waals surface area contributed by atoms with Crippen molar-refractivity contribution in [2.45, 2.75) is 25.9 Å². The molecule has 0 bridgehead atoms. The lowest BCUT2D eigenvalue weighted by molar-refractivity contribution is 0.0819. The highest BCUT2D eigenvalue weighted by Crippen LogP contribution is 2.30. The number of nitrogens with zero attached hydrogens (tertiary/aromatic N) is 4. The van der Waals surface area contributed by atoms with Crippen LogP contribution in [0.1, 0.15) is 18.5 Å². The molecule has 1 aliphatic heterocycles. The number of pyridine rings is 2. The van der Waals surface area contributed by atoms with Crippen molar-refractivity contribution >= 4 is 28.0 Å². The monoisotopic (exact) mass is 381 g/mol. The first-order chi connectivity index (χ1) is 13.2. The molecule has 0 aliphatic carbocycles. The van der Waals surface area contributed by atoms with E-state index in [0.717, 1.165) is 53.1 Å². The van der Waals surface area contributed by atoms with E-state index >= 15 is 0 Å². The van der Waals surface area contributed by atoms with Crippen LogP contribution in [-0.4, -0.2) is 41.3 Å². The third-order valence-electron chi connectivity index (χ3n) is 4.74. The summed E-state index contributed by atoms with van der Waals surface area (Å²) in [5.41, 5.74) is 3.12. The van der Waals surface area contributed by atoms with Crippen molar-refractivity contribution in [1.29, 1.82) is 0 Å². The van der Waals surface area contributed by atoms with Crippen LogP contribution in [0.3, 0.4) is 0 Å². The zero-order chi connectivity index (χ0) is 18.6. The highest BCUT2D eigenvalue weighted by Gasteiger charge is 2.19. The van der Waals surface area contributed by atoms with E-state index < -0.39 is 0 Å². The van der Waals surface area contributed by atoms with Gasteiger partial charge in [0.2, 0.25) is 0 Å². The Bertz CT molecular complexity index is 890. The Morgan fingerprint density at radius 3 is 2.78 bits per heavy atom. The predicted molar refractivity (Wildman–Crippen MR) is 110 cm³/mol. The highest BCUT2D eigenvalue weighted by atomic mass is 32.1. The van der Waals surface area contributed by atoms with Gasteiger partial charge in [0.1, 0.15) is 5.82 Å². The van der Waals surface area contributed by atoms with E-state index in [0.29, 0.717) is 6.10 Å². The van der Waals surface area contributed by atoms with Crippen molar-refractivity contribution in [2.24, 2.45) is 0 Å². The van der Waals surface area contributed by atoms with Gasteiger partial charge >= 0.3 is 0 Å². The molecule has 0 unspecified atom stereocenters. The number of thiazole rings is 1. The summed E-state index contributed by atoms with van der Waals surface area (Å²) in [6, 6.07) is 10.1. The number of anilines is 3. The SMILES string of the molecule is COC1CCN(c2cc(C)nc(Nc3ncc(-c4ccccn4)s3)c2)CC1. The van der Waals surface area contributed by atoms with Gasteiger partial charge in [-0.25, -0.2) is 9.97 Å². The third-order valence-corrected chi connectivity index (χ3v) is 5.67. The summed E-state index contributed by atoms with van der Waals surface area (Å²) >= 11 is 1.58. The van der Waals surface area contributed by atoms with E-state index in [1.807, 2.05) is 31.3 Å². The van der Waals surface area contributed by atoms with E-state index in [9.17, 15) is 0 Å². The minimum absolute atomic E-state index is 0.377. The van der Waals surface area contributed by atoms with Crippen molar-refractivity contribution < 1.29 is 4.74 Å². The summed E-state index contributed by atoms with van der Waals surface area (Å²) in [4.78, 5) is 16.9. The molecule has 1 N–H and O–H groups in total. The fourth-order valence-corrected chi connectivity index (χ4v) is 4.12. The minimum Gasteiger partial charge on any atom is -0.381 e. The molecular weight excluding hydrogens is 358 g/mol. The quantitative estimate of drug-likeness (QED) is 0.712. The van der Waals surface area contributed by atoms with E-state index in [1.165, 1.54) is 5.69 Å². The molecule has 27 heavy (non-hydrogen) atoms. The van der Waals surface area contributed by atoms with Gasteiger partial charge < -0.3 is 15.0 Å². The second-order valence-electron chi connectivity index (χ2n) is 6.64. The first-order valence-electron chi connectivity index (χ1n) is 9.12. The zero-order valence-corrected chi connectivity index (χ0v) is 16.4. The van der Waals surface area contributed by atoms with Crippen LogP contribution in [0.25, 0.3) is 10.6 Å². The molecule has 1 aliphatic rings. The lowest BCUT2D eigenvalue weighted by Gasteiger charge is -2.33. The molecule has 0 radical (unpaired) electrons. The van der Waals surface area contributed by atoms with Crippen molar-refractivity contribution in [1.82, 2.24) is 15.0 Å². The molecule has 0 saturated carbocycles. The minimum atomic E-state index is 0.377. The molecule has 1 saturated heterocycles. The van der Waals surface area contributed by atoms with Gasteiger partial charge in [0.05, 0.1) is 16.7 Å². The number of ether oxygens (including phenoxy) is 1. The van der Waals surface area contributed by atoms with E-state index in [4.69, 9.17) is 4.74 Å². The maximum absolute atomic E-state index is 5.48. The van der Waals surface area contributed by atoms with E-state index in [-0.39, 0.29) is 0 Å². The fraction of sp³-hybridized carbons (Fsp3) is 0.350. The molecular formula is C20H23N5OS. The Labute approximate surface area is 163 Å². The number of hydrogen-bond acceptors (Lipinski definition) is 7. The number of aryl methyl sites for hydroxylation is 1. The van der Waals surface area contributed by atoms with Gasteiger partial charge in [0, 0.05) is 50.0 Å². The van der Waals surface area contributed by atoms with Gasteiger partial charge in [-0.05, 0) is 38.0 Å². The van der Waals surface area contributed by atoms with Crippen molar-refractivity contribution in [3.8, 4) is 10.6 Å². The molecule has 0 atom stereocenters. The van der Waals surface area contributed by atoms with Gasteiger partial charge in [0.15, 0.2) is 5.13 Å². The van der Waals surface area contributed by atoms with Crippen LogP contribution in [0.4, 0.5) is 16.6 Å². The molecule has 0 aromatic carbocycles. The highest BCUT2D eigenvalue weighted by molar-refractivity contribution is 7.18. The lowest BCUT2D eigenvalue weighted by Crippen LogP contribution is -2.36. The van der Waals surface area contributed by atoms with Crippen LogP contribution in [-0.2, 0) is 4.74 Å². The number of nitrogens with one attached hydrogen (secondary N) is 1. The van der Waals surface area contributed by atoms with Crippen LogP contribution in [0.15, 0.2) is 42.7 Å². The average Bonchev–Trinajstić information content (AvgIpc) is 3.17. The van der Waals surface area contributed by atoms with Crippen molar-refractivity contribution in [3.63, 3.8) is 0 Å². The Kier molecular flexibility index (Phi) is 5.31. The molecule has 0 amide bonds. The number of aromatic nitrogens is 3. The molecule has 4 heterocycles. The molecule has 3 aromatic heterocycles. The topological polar surface area (TPSA) is 63.2 Å². The maximum atomic E-state index is 5.48. The second-order valence-corrected chi connectivity index (χ2v) is 7.67. The van der Waals surface area contributed by atoms with Crippen LogP contribution in [0, 0.1) is 6.92 Å². The largest absolute Gasteiger partial charge is 0.381 e. The summed E-state index contributed by atoms with van der Waals surface area (Å²) in [6.07, 6.45) is 6.13. The van der Waals surface area contributed by atoms with Crippen LogP contribution < -0.4 is 10.2 Å². The Hall–Kier alpha value is -2.51. The molecule has 1 fully saturated rings.